The maximum absolute atomic E-state index is 2.49. The molecule has 14 heavy (non-hydrogen) atoms. The van der Waals surface area contributed by atoms with E-state index in [0.717, 1.165) is 11.8 Å². The van der Waals surface area contributed by atoms with Crippen molar-refractivity contribution >= 4 is 12.4 Å². The molecule has 1 nitrogen and oxygen atoms in total. The molecule has 3 saturated carbocycles. The van der Waals surface area contributed by atoms with Crippen LogP contribution in [0.5, 0.6) is 0 Å². The van der Waals surface area contributed by atoms with Crippen LogP contribution in [0.3, 0.4) is 0 Å². The lowest BCUT2D eigenvalue weighted by atomic mass is 9.40. The Hall–Kier alpha value is 0.250. The Morgan fingerprint density at radius 3 is 2.00 bits per heavy atom. The van der Waals surface area contributed by atoms with Crippen LogP contribution in [0, 0.1) is 17.3 Å². The lowest BCUT2D eigenvalue weighted by molar-refractivity contribution is -0.198. The van der Waals surface area contributed by atoms with Gasteiger partial charge < -0.3 is 4.90 Å². The van der Waals surface area contributed by atoms with E-state index < -0.39 is 0 Å². The van der Waals surface area contributed by atoms with E-state index in [1.54, 1.807) is 0 Å². The minimum Gasteiger partial charge on any atom is -0.303 e. The molecule has 3 aliphatic rings. The maximum atomic E-state index is 2.49. The van der Waals surface area contributed by atoms with Crippen LogP contribution in [0.2, 0.25) is 0 Å². The van der Waals surface area contributed by atoms with Gasteiger partial charge in [-0.3, -0.25) is 0 Å². The molecule has 3 unspecified atom stereocenters. The molecule has 0 radical (unpaired) electrons. The van der Waals surface area contributed by atoms with Gasteiger partial charge in [0.1, 0.15) is 0 Å². The van der Waals surface area contributed by atoms with E-state index in [1.807, 2.05) is 0 Å². The van der Waals surface area contributed by atoms with Crippen molar-refractivity contribution in [3.8, 4) is 0 Å². The highest BCUT2D eigenvalue weighted by Crippen LogP contribution is 2.65. The van der Waals surface area contributed by atoms with Crippen LogP contribution in [0.1, 0.15) is 40.0 Å². The Bertz CT molecular complexity index is 224. The van der Waals surface area contributed by atoms with Gasteiger partial charge in [0.25, 0.3) is 0 Å². The third kappa shape index (κ3) is 1.12. The second-order valence-corrected chi connectivity index (χ2v) is 5.92. The molecule has 0 N–H and O–H groups in total. The maximum Gasteiger partial charge on any atom is 0.0285 e. The molecule has 0 saturated heterocycles. The molecule has 2 bridgehead atoms. The summed E-state index contributed by atoms with van der Waals surface area (Å²) in [5.41, 5.74) is 1.06. The number of hydrogen-bond donors (Lipinski definition) is 0. The summed E-state index contributed by atoms with van der Waals surface area (Å²) in [6.07, 6.45) is 4.34. The van der Waals surface area contributed by atoms with Crippen molar-refractivity contribution < 1.29 is 0 Å². The monoisotopic (exact) mass is 217 g/mol. The predicted molar refractivity (Wildman–Crippen MR) is 64.0 cm³/mol. The topological polar surface area (TPSA) is 3.24 Å². The van der Waals surface area contributed by atoms with Crippen molar-refractivity contribution in [1.29, 1.82) is 0 Å². The minimum atomic E-state index is 0. The molecule has 0 aromatic heterocycles. The van der Waals surface area contributed by atoms with Crippen molar-refractivity contribution in [3.05, 3.63) is 0 Å². The number of fused-ring (bicyclic) bond motifs is 2. The van der Waals surface area contributed by atoms with E-state index in [0.29, 0.717) is 11.0 Å². The zero-order chi connectivity index (χ0) is 9.85. The van der Waals surface area contributed by atoms with Crippen LogP contribution in [0.15, 0.2) is 0 Å². The number of halogens is 1. The molecule has 0 spiro atoms. The number of hydrogen-bond acceptors (Lipinski definition) is 1. The van der Waals surface area contributed by atoms with Gasteiger partial charge in [0.15, 0.2) is 0 Å². The highest BCUT2D eigenvalue weighted by atomic mass is 35.5. The summed E-state index contributed by atoms with van der Waals surface area (Å²) in [5, 5.41) is 0. The van der Waals surface area contributed by atoms with Gasteiger partial charge in [0.05, 0.1) is 0 Å². The van der Waals surface area contributed by atoms with E-state index >= 15 is 0 Å². The van der Waals surface area contributed by atoms with E-state index in [1.165, 1.54) is 19.3 Å². The summed E-state index contributed by atoms with van der Waals surface area (Å²) in [6, 6.07) is 0. The Labute approximate surface area is 94.7 Å². The molecule has 0 aliphatic heterocycles. The van der Waals surface area contributed by atoms with Gasteiger partial charge in [-0.15, -0.1) is 12.4 Å². The largest absolute Gasteiger partial charge is 0.303 e. The first-order valence-corrected chi connectivity index (χ1v) is 5.60. The summed E-state index contributed by atoms with van der Waals surface area (Å²) < 4.78 is 0. The zero-order valence-electron chi connectivity index (χ0n) is 10.1. The van der Waals surface area contributed by atoms with Crippen LogP contribution in [0.25, 0.3) is 0 Å². The summed E-state index contributed by atoms with van der Waals surface area (Å²) in [6.45, 7) is 7.38. The molecule has 2 heteroatoms. The molecular formula is C12H24ClN. The first-order valence-electron chi connectivity index (χ1n) is 5.60. The molecular weight excluding hydrogens is 194 g/mol. The van der Waals surface area contributed by atoms with Gasteiger partial charge in [-0.05, 0) is 50.6 Å². The molecule has 3 aliphatic carbocycles. The van der Waals surface area contributed by atoms with E-state index in [2.05, 4.69) is 39.8 Å². The van der Waals surface area contributed by atoms with Crippen LogP contribution >= 0.6 is 12.4 Å². The lowest BCUT2D eigenvalue weighted by Crippen LogP contribution is -2.73. The second-order valence-electron chi connectivity index (χ2n) is 5.92. The zero-order valence-corrected chi connectivity index (χ0v) is 10.9. The molecule has 0 aromatic rings. The van der Waals surface area contributed by atoms with E-state index in [4.69, 9.17) is 0 Å². The number of rotatable bonds is 1. The van der Waals surface area contributed by atoms with Gasteiger partial charge in [-0.2, -0.15) is 0 Å². The molecule has 3 atom stereocenters. The van der Waals surface area contributed by atoms with Gasteiger partial charge in [0, 0.05) is 5.54 Å². The van der Waals surface area contributed by atoms with Gasteiger partial charge in [-0.25, -0.2) is 0 Å². The highest BCUT2D eigenvalue weighted by Gasteiger charge is 2.65. The predicted octanol–water partition coefficient (Wildman–Crippen LogP) is 3.18. The average Bonchev–Trinajstić information content (AvgIpc) is 2.02. The molecule has 3 fully saturated rings. The van der Waals surface area contributed by atoms with Gasteiger partial charge in [0.2, 0.25) is 0 Å². The fraction of sp³-hybridized carbons (Fsp3) is 1.00. The standard InChI is InChI=1S/C12H23N.ClH/c1-9-6-7-10-8-12(9,13(4)5)11(10,2)3;/h9-10H,6-8H2,1-5H3;1H. The normalized spacial score (nSPS) is 44.1. The molecule has 3 rings (SSSR count). The first-order chi connectivity index (χ1) is 5.93. The minimum absolute atomic E-state index is 0. The number of nitrogens with zero attached hydrogens (tertiary/aromatic N) is 1. The van der Waals surface area contributed by atoms with Crippen LogP contribution < -0.4 is 0 Å². The van der Waals surface area contributed by atoms with Crippen molar-refractivity contribution in [2.45, 2.75) is 45.6 Å². The molecule has 84 valence electrons. The Morgan fingerprint density at radius 1 is 1.14 bits per heavy atom. The SMILES string of the molecule is CC1CCC2CC1(N(C)C)C2(C)C.Cl. The second kappa shape index (κ2) is 3.38. The van der Waals surface area contributed by atoms with Crippen LogP contribution in [-0.4, -0.2) is 24.5 Å². The fourth-order valence-corrected chi connectivity index (χ4v) is 4.31. The summed E-state index contributed by atoms with van der Waals surface area (Å²) in [4.78, 5) is 2.49. The van der Waals surface area contributed by atoms with Crippen molar-refractivity contribution in [2.24, 2.45) is 17.3 Å². The molecule has 0 amide bonds. The van der Waals surface area contributed by atoms with Crippen LogP contribution in [-0.2, 0) is 0 Å². The molecule has 0 aromatic carbocycles. The first kappa shape index (κ1) is 12.3. The van der Waals surface area contributed by atoms with Crippen molar-refractivity contribution in [2.75, 3.05) is 14.1 Å². The van der Waals surface area contributed by atoms with Gasteiger partial charge >= 0.3 is 0 Å². The summed E-state index contributed by atoms with van der Waals surface area (Å²) >= 11 is 0. The average molecular weight is 218 g/mol. The summed E-state index contributed by atoms with van der Waals surface area (Å²) in [5.74, 6) is 1.87. The van der Waals surface area contributed by atoms with Gasteiger partial charge in [-0.1, -0.05) is 20.8 Å². The Kier molecular flexibility index (Phi) is 2.98. The smallest absolute Gasteiger partial charge is 0.0285 e. The quantitative estimate of drug-likeness (QED) is 0.652. The van der Waals surface area contributed by atoms with Crippen LogP contribution in [0.4, 0.5) is 0 Å². The lowest BCUT2D eigenvalue weighted by Gasteiger charge is -2.71. The summed E-state index contributed by atoms with van der Waals surface area (Å²) in [7, 11) is 4.53. The van der Waals surface area contributed by atoms with Crippen molar-refractivity contribution in [1.82, 2.24) is 4.90 Å². The highest BCUT2D eigenvalue weighted by molar-refractivity contribution is 5.85. The third-order valence-electron chi connectivity index (χ3n) is 5.26. The van der Waals surface area contributed by atoms with E-state index in [-0.39, 0.29) is 12.4 Å². The fourth-order valence-electron chi connectivity index (χ4n) is 4.31. The molecule has 0 heterocycles. The Morgan fingerprint density at radius 2 is 1.71 bits per heavy atom. The van der Waals surface area contributed by atoms with Crippen molar-refractivity contribution in [3.63, 3.8) is 0 Å². The van der Waals surface area contributed by atoms with E-state index in [9.17, 15) is 0 Å². The third-order valence-corrected chi connectivity index (χ3v) is 5.26. The Balaban J connectivity index is 0.000000980.